The highest BCUT2D eigenvalue weighted by molar-refractivity contribution is 5.97. The molecule has 10 N–H and O–H groups in total. The molecule has 0 bridgehead atoms. The monoisotopic (exact) mass is 978 g/mol. The third-order valence-corrected chi connectivity index (χ3v) is 13.3. The fourth-order valence-corrected chi connectivity index (χ4v) is 9.42. The third-order valence-electron chi connectivity index (χ3n) is 13.3. The zero-order valence-electron chi connectivity index (χ0n) is 39.6. The molecule has 3 aromatic heterocycles. The molecule has 8 rings (SSSR count). The van der Waals surface area contributed by atoms with Gasteiger partial charge in [-0.15, -0.1) is 0 Å². The van der Waals surface area contributed by atoms with Gasteiger partial charge in [0.05, 0.1) is 12.1 Å². The van der Waals surface area contributed by atoms with E-state index in [0.29, 0.717) is 24.8 Å². The lowest BCUT2D eigenvalue weighted by atomic mass is 9.81. The first-order valence-corrected chi connectivity index (χ1v) is 24.1. The molecule has 3 heterocycles. The van der Waals surface area contributed by atoms with Crippen LogP contribution in [0, 0.1) is 5.92 Å². The normalized spacial score (nSPS) is 16.8. The topological polar surface area (TPSA) is 277 Å². The molecule has 72 heavy (non-hydrogen) atoms. The minimum absolute atomic E-state index is 0.00135. The maximum Gasteiger partial charge on any atom is 0.408 e. The average molecular weight is 979 g/mol. The van der Waals surface area contributed by atoms with Crippen LogP contribution in [-0.2, 0) is 59.4 Å². The van der Waals surface area contributed by atoms with Gasteiger partial charge in [0.1, 0.15) is 24.7 Å². The highest BCUT2D eigenvalue weighted by Gasteiger charge is 2.36. The van der Waals surface area contributed by atoms with Gasteiger partial charge in [0.2, 0.25) is 23.6 Å². The number of carbonyl (C=O) groups is 7. The zero-order valence-corrected chi connectivity index (χ0v) is 39.6. The van der Waals surface area contributed by atoms with Crippen molar-refractivity contribution in [3.8, 4) is 0 Å². The van der Waals surface area contributed by atoms with Crippen LogP contribution in [0.5, 0.6) is 0 Å². The largest absolute Gasteiger partial charge is 0.480 e. The lowest BCUT2D eigenvalue weighted by Gasteiger charge is -2.30. The number of para-hydroxylation sites is 3. The number of rotatable bonds is 21. The van der Waals surface area contributed by atoms with Crippen molar-refractivity contribution < 1.29 is 48.5 Å². The second kappa shape index (κ2) is 23.1. The van der Waals surface area contributed by atoms with Gasteiger partial charge in [-0.25, -0.2) is 9.59 Å². The van der Waals surface area contributed by atoms with Gasteiger partial charge in [-0.3, -0.25) is 24.0 Å². The number of fused-ring (bicyclic) bond motifs is 3. The van der Waals surface area contributed by atoms with E-state index in [1.165, 1.54) is 6.92 Å². The minimum atomic E-state index is -1.63. The number of aliphatic hydroxyl groups is 1. The van der Waals surface area contributed by atoms with Gasteiger partial charge in [0, 0.05) is 82.9 Å². The Kier molecular flexibility index (Phi) is 16.1. The zero-order chi connectivity index (χ0) is 50.7. The van der Waals surface area contributed by atoms with Gasteiger partial charge in [-0.2, -0.15) is 0 Å². The third kappa shape index (κ3) is 12.4. The molecule has 374 valence electrons. The van der Waals surface area contributed by atoms with Crippen LogP contribution in [0.25, 0.3) is 32.7 Å². The minimum Gasteiger partial charge on any atom is -0.480 e. The molecule has 0 saturated heterocycles. The Bertz CT molecular complexity index is 3070. The summed E-state index contributed by atoms with van der Waals surface area (Å²) < 4.78 is 5.52. The van der Waals surface area contributed by atoms with Crippen LogP contribution in [0.1, 0.15) is 61.3 Å². The molecule has 1 saturated carbocycles. The number of aliphatic hydroxyl groups excluding tert-OH is 1. The number of carbonyl (C=O) groups excluding carboxylic acids is 6. The van der Waals surface area contributed by atoms with Crippen LogP contribution in [0.15, 0.2) is 122 Å². The van der Waals surface area contributed by atoms with Crippen LogP contribution in [0.2, 0.25) is 0 Å². The summed E-state index contributed by atoms with van der Waals surface area (Å²) in [6.07, 6.45) is 4.31. The number of carboxylic acid groups (broad SMARTS) is 1. The second-order valence-corrected chi connectivity index (χ2v) is 18.3. The van der Waals surface area contributed by atoms with Gasteiger partial charge in [0.25, 0.3) is 0 Å². The standard InChI is InChI=1S/C54H58N8O10/c1-31(63)48(53(69)70)62-52(68)44(24-34-27-55-40-18-8-5-15-37(34)40)58-47(64)23-22-33-14-11-21-43(49(33)65)59-50(66)45(25-35-28-56-41-19-9-6-16-38(35)41)60-51(67)46(26-36-29-57-42-20-10-7-17-39(36)42)61-54(71)72-30-32-12-3-2-4-13-32/h2-10,12-13,15-20,27-29,31,33,43-46,48,55-57,63H,11,14,21-26,30H2,1H3,(H,58,64)(H,59,66)(H,60,67)(H,61,71)(H,62,68)(H,69,70)/t31-,33-,43-,44+,45+,46+,48+/m1/s1. The summed E-state index contributed by atoms with van der Waals surface area (Å²) in [5, 5.41) is 35.8. The summed E-state index contributed by atoms with van der Waals surface area (Å²) in [5.41, 5.74) is 5.38. The van der Waals surface area contributed by atoms with E-state index < -0.39 is 77.9 Å². The fraction of sp³-hybridized carbons (Fsp3) is 0.315. The van der Waals surface area contributed by atoms with Crippen molar-refractivity contribution in [2.75, 3.05) is 0 Å². The van der Waals surface area contributed by atoms with Crippen LogP contribution in [-0.4, -0.2) is 103 Å². The van der Waals surface area contributed by atoms with E-state index in [-0.39, 0.29) is 44.5 Å². The number of carboxylic acids is 1. The Morgan fingerprint density at radius 2 is 1.11 bits per heavy atom. The summed E-state index contributed by atoms with van der Waals surface area (Å²) in [4.78, 5) is 105. The molecule has 1 fully saturated rings. The quantitative estimate of drug-likeness (QED) is 0.0460. The molecule has 0 radical (unpaired) electrons. The lowest BCUT2D eigenvalue weighted by molar-refractivity contribution is -0.145. The van der Waals surface area contributed by atoms with Crippen molar-refractivity contribution >= 4 is 74.2 Å². The highest BCUT2D eigenvalue weighted by Crippen LogP contribution is 2.27. The Hall–Kier alpha value is -8.25. The maximum atomic E-state index is 14.5. The average Bonchev–Trinajstić information content (AvgIpc) is 4.11. The summed E-state index contributed by atoms with van der Waals surface area (Å²) in [6, 6.07) is 25.3. The number of amides is 5. The Morgan fingerprint density at radius 1 is 0.625 bits per heavy atom. The van der Waals surface area contributed by atoms with E-state index in [2.05, 4.69) is 41.5 Å². The molecule has 1 aliphatic carbocycles. The molecule has 1 aliphatic rings. The number of aromatic amines is 3. The Labute approximate surface area is 414 Å². The number of aromatic nitrogens is 3. The van der Waals surface area contributed by atoms with Crippen molar-refractivity contribution in [1.82, 2.24) is 41.5 Å². The van der Waals surface area contributed by atoms with Gasteiger partial charge >= 0.3 is 12.1 Å². The van der Waals surface area contributed by atoms with Crippen molar-refractivity contribution in [3.63, 3.8) is 0 Å². The molecule has 0 aliphatic heterocycles. The first-order chi connectivity index (χ1) is 34.8. The molecule has 7 atom stereocenters. The maximum absolute atomic E-state index is 14.5. The van der Waals surface area contributed by atoms with Crippen molar-refractivity contribution in [3.05, 3.63) is 144 Å². The first kappa shape index (κ1) is 50.1. The molecular formula is C54H58N8O10. The number of nitrogens with one attached hydrogen (secondary N) is 8. The number of H-pyrrole nitrogens is 3. The number of alkyl carbamates (subject to hydrolysis) is 1. The number of benzene rings is 4. The summed E-state index contributed by atoms with van der Waals surface area (Å²) >= 11 is 0. The predicted octanol–water partition coefficient (Wildman–Crippen LogP) is 5.01. The van der Waals surface area contributed by atoms with E-state index in [4.69, 9.17) is 4.74 Å². The Morgan fingerprint density at radius 3 is 1.64 bits per heavy atom. The molecule has 4 aromatic carbocycles. The number of aliphatic carboxylic acids is 1. The molecule has 0 spiro atoms. The smallest absolute Gasteiger partial charge is 0.408 e. The highest BCUT2D eigenvalue weighted by atomic mass is 16.5. The summed E-state index contributed by atoms with van der Waals surface area (Å²) in [5.74, 6) is -5.00. The molecule has 18 heteroatoms. The van der Waals surface area contributed by atoms with Gasteiger partial charge < -0.3 is 56.5 Å². The summed E-state index contributed by atoms with van der Waals surface area (Å²) in [6.45, 7) is 1.20. The summed E-state index contributed by atoms with van der Waals surface area (Å²) in [7, 11) is 0. The molecule has 5 amide bonds. The van der Waals surface area contributed by atoms with Crippen molar-refractivity contribution in [2.45, 2.75) is 101 Å². The predicted molar refractivity (Wildman–Crippen MR) is 268 cm³/mol. The second-order valence-electron chi connectivity index (χ2n) is 18.3. The Balaban J connectivity index is 0.959. The van der Waals surface area contributed by atoms with E-state index in [0.717, 1.165) is 49.4 Å². The number of ketones is 1. The van der Waals surface area contributed by atoms with E-state index >= 15 is 0 Å². The van der Waals surface area contributed by atoms with Gasteiger partial charge in [0.15, 0.2) is 11.8 Å². The number of hydrogen-bond donors (Lipinski definition) is 10. The number of hydrogen-bond acceptors (Lipinski definition) is 9. The molecule has 7 aromatic rings. The fourth-order valence-electron chi connectivity index (χ4n) is 9.42. The molecule has 18 nitrogen and oxygen atoms in total. The first-order valence-electron chi connectivity index (χ1n) is 24.1. The number of ether oxygens (including phenoxy) is 1. The van der Waals surface area contributed by atoms with Crippen molar-refractivity contribution in [2.24, 2.45) is 5.92 Å². The van der Waals surface area contributed by atoms with E-state index in [1.54, 1.807) is 18.6 Å². The van der Waals surface area contributed by atoms with Crippen LogP contribution in [0.4, 0.5) is 4.79 Å². The van der Waals surface area contributed by atoms with Gasteiger partial charge in [-0.05, 0) is 66.6 Å². The van der Waals surface area contributed by atoms with Crippen LogP contribution < -0.4 is 26.6 Å². The number of Topliss-reactive ketones (excluding diaryl/α,β-unsaturated/α-hetero) is 1. The molecule has 0 unspecified atom stereocenters. The molecular weight excluding hydrogens is 921 g/mol. The SMILES string of the molecule is C[C@@H](O)[C@H](NC(=O)[C@H](Cc1c[nH]c2ccccc12)NC(=O)CC[C@H]1CCC[C@@H](NC(=O)[C@H](Cc2c[nH]c3ccccc23)NC(=O)[C@H](Cc2c[nH]c3ccccc23)NC(=O)OCc2ccccc2)C1=O)C(=O)O. The lowest BCUT2D eigenvalue weighted by Crippen LogP contribution is -2.57. The van der Waals surface area contributed by atoms with Crippen LogP contribution in [0.3, 0.4) is 0 Å². The van der Waals surface area contributed by atoms with E-state index in [9.17, 15) is 43.8 Å². The van der Waals surface area contributed by atoms with Gasteiger partial charge in [-0.1, -0.05) is 91.3 Å². The van der Waals surface area contributed by atoms with Crippen LogP contribution >= 0.6 is 0 Å². The van der Waals surface area contributed by atoms with Crippen molar-refractivity contribution in [1.29, 1.82) is 0 Å². The van der Waals surface area contributed by atoms with E-state index in [1.807, 2.05) is 103 Å².